The number of hydrogen-bond donors (Lipinski definition) is 2. The predicted molar refractivity (Wildman–Crippen MR) is 77.2 cm³/mol. The maximum Gasteiger partial charge on any atom is 0.332 e. The first kappa shape index (κ1) is 19.3. The van der Waals surface area contributed by atoms with Crippen molar-refractivity contribution in [2.75, 3.05) is 13.2 Å². The summed E-state index contributed by atoms with van der Waals surface area (Å²) in [5.41, 5.74) is -0.466. The molecule has 0 amide bonds. The lowest BCUT2D eigenvalue weighted by molar-refractivity contribution is -0.136. The Labute approximate surface area is 124 Å². The number of ketones is 1. The third kappa shape index (κ3) is 8.96. The number of carbonyl (C=O) groups is 3. The molecule has 0 saturated heterocycles. The van der Waals surface area contributed by atoms with Crippen molar-refractivity contribution in [3.8, 4) is 0 Å². The van der Waals surface area contributed by atoms with Gasteiger partial charge < -0.3 is 14.9 Å². The first-order valence-electron chi connectivity index (χ1n) is 7.15. The van der Waals surface area contributed by atoms with Crippen LogP contribution in [0.5, 0.6) is 0 Å². The highest BCUT2D eigenvalue weighted by Gasteiger charge is 2.20. The molecule has 21 heavy (non-hydrogen) atoms. The largest absolute Gasteiger partial charge is 0.478 e. The van der Waals surface area contributed by atoms with Crippen LogP contribution in [-0.4, -0.2) is 41.1 Å². The molecule has 0 aliphatic carbocycles. The van der Waals surface area contributed by atoms with Crippen molar-refractivity contribution in [2.45, 2.75) is 52.4 Å². The Morgan fingerprint density at radius 3 is 1.95 bits per heavy atom. The van der Waals surface area contributed by atoms with Gasteiger partial charge in [0.1, 0.15) is 5.78 Å². The molecule has 0 aliphatic rings. The van der Waals surface area contributed by atoms with Crippen molar-refractivity contribution < 1.29 is 29.3 Å². The molecule has 6 heteroatoms. The molecule has 0 spiro atoms. The smallest absolute Gasteiger partial charge is 0.332 e. The second-order valence-electron chi connectivity index (χ2n) is 4.81. The average molecular weight is 300 g/mol. The minimum absolute atomic E-state index is 0.164. The SMILES string of the molecule is CCOCCCCCC/C(C(=O)O)=C(/CC(C)=O)C(=O)O. The summed E-state index contributed by atoms with van der Waals surface area (Å²) in [5.74, 6) is -2.95. The molecule has 0 aromatic carbocycles. The molecule has 6 nitrogen and oxygen atoms in total. The Hall–Kier alpha value is -1.69. The van der Waals surface area contributed by atoms with Crippen LogP contribution >= 0.6 is 0 Å². The lowest BCUT2D eigenvalue weighted by Gasteiger charge is -2.08. The van der Waals surface area contributed by atoms with E-state index in [1.807, 2.05) is 6.92 Å². The van der Waals surface area contributed by atoms with E-state index in [9.17, 15) is 14.4 Å². The van der Waals surface area contributed by atoms with E-state index < -0.39 is 11.9 Å². The summed E-state index contributed by atoms with van der Waals surface area (Å²) in [6.07, 6.45) is 3.01. The number of hydrogen-bond acceptors (Lipinski definition) is 4. The molecule has 0 bridgehead atoms. The van der Waals surface area contributed by atoms with Crippen molar-refractivity contribution in [2.24, 2.45) is 0 Å². The van der Waals surface area contributed by atoms with Crippen LogP contribution in [0, 0.1) is 0 Å². The number of ether oxygens (including phenoxy) is 1. The van der Waals surface area contributed by atoms with Crippen LogP contribution in [0.3, 0.4) is 0 Å². The summed E-state index contributed by atoms with van der Waals surface area (Å²) in [5, 5.41) is 18.2. The molecule has 0 rings (SSSR count). The molecule has 0 radical (unpaired) electrons. The Morgan fingerprint density at radius 2 is 1.48 bits per heavy atom. The zero-order chi connectivity index (χ0) is 16.3. The highest BCUT2D eigenvalue weighted by Crippen LogP contribution is 2.18. The molecule has 2 N–H and O–H groups in total. The van der Waals surface area contributed by atoms with Gasteiger partial charge in [0.25, 0.3) is 0 Å². The second-order valence-corrected chi connectivity index (χ2v) is 4.81. The Bertz CT molecular complexity index is 397. The van der Waals surface area contributed by atoms with Gasteiger partial charge >= 0.3 is 11.9 Å². The zero-order valence-electron chi connectivity index (χ0n) is 12.7. The summed E-state index contributed by atoms with van der Waals surface area (Å²) >= 11 is 0. The normalized spacial score (nSPS) is 11.9. The van der Waals surface area contributed by atoms with Gasteiger partial charge in [-0.25, -0.2) is 9.59 Å². The summed E-state index contributed by atoms with van der Waals surface area (Å²) in [6.45, 7) is 4.53. The van der Waals surface area contributed by atoms with Crippen LogP contribution in [0.4, 0.5) is 0 Å². The molecular formula is C15H24O6. The van der Waals surface area contributed by atoms with Gasteiger partial charge in [0.2, 0.25) is 0 Å². The van der Waals surface area contributed by atoms with Gasteiger partial charge in [0.05, 0.1) is 5.57 Å². The van der Waals surface area contributed by atoms with Gasteiger partial charge in [0.15, 0.2) is 0 Å². The fraction of sp³-hybridized carbons (Fsp3) is 0.667. The van der Waals surface area contributed by atoms with Crippen molar-refractivity contribution >= 4 is 17.7 Å². The van der Waals surface area contributed by atoms with Crippen molar-refractivity contribution in [3.63, 3.8) is 0 Å². The number of aliphatic carboxylic acids is 2. The number of rotatable bonds is 12. The molecule has 0 aromatic heterocycles. The van der Waals surface area contributed by atoms with Gasteiger partial charge in [-0.1, -0.05) is 12.8 Å². The summed E-state index contributed by atoms with van der Waals surface area (Å²) in [6, 6.07) is 0. The molecule has 0 saturated carbocycles. The number of carbonyl (C=O) groups excluding carboxylic acids is 1. The van der Waals surface area contributed by atoms with E-state index in [-0.39, 0.29) is 29.8 Å². The van der Waals surface area contributed by atoms with E-state index >= 15 is 0 Å². The molecule has 0 fully saturated rings. The molecule has 0 aromatic rings. The molecule has 0 atom stereocenters. The lowest BCUT2D eigenvalue weighted by Crippen LogP contribution is -2.14. The van der Waals surface area contributed by atoms with Crippen LogP contribution < -0.4 is 0 Å². The first-order valence-corrected chi connectivity index (χ1v) is 7.15. The zero-order valence-corrected chi connectivity index (χ0v) is 12.7. The fourth-order valence-electron chi connectivity index (χ4n) is 1.95. The Balaban J connectivity index is 4.49. The quantitative estimate of drug-likeness (QED) is 0.424. The number of carboxylic acid groups (broad SMARTS) is 2. The third-order valence-electron chi connectivity index (χ3n) is 2.98. The standard InChI is InChI=1S/C15H24O6/c1-3-21-9-7-5-4-6-8-12(14(17)18)13(15(19)20)10-11(2)16/h3-10H2,1-2H3,(H,17,18)(H,19,20)/b13-12+. The van der Waals surface area contributed by atoms with E-state index in [1.165, 1.54) is 6.92 Å². The third-order valence-corrected chi connectivity index (χ3v) is 2.98. The molecule has 120 valence electrons. The summed E-state index contributed by atoms with van der Waals surface area (Å²) in [7, 11) is 0. The highest BCUT2D eigenvalue weighted by molar-refractivity contribution is 6.02. The van der Waals surface area contributed by atoms with Crippen LogP contribution in [-0.2, 0) is 19.1 Å². The maximum atomic E-state index is 11.2. The molecular weight excluding hydrogens is 276 g/mol. The molecule has 0 aliphatic heterocycles. The topological polar surface area (TPSA) is 101 Å². The van der Waals surface area contributed by atoms with Gasteiger partial charge in [0, 0.05) is 25.2 Å². The fourth-order valence-corrected chi connectivity index (χ4v) is 1.95. The van der Waals surface area contributed by atoms with Crippen LogP contribution in [0.15, 0.2) is 11.1 Å². The Kier molecular flexibility index (Phi) is 10.1. The monoisotopic (exact) mass is 300 g/mol. The first-order chi connectivity index (χ1) is 9.90. The van der Waals surface area contributed by atoms with Crippen molar-refractivity contribution in [1.29, 1.82) is 0 Å². The Morgan fingerprint density at radius 1 is 0.905 bits per heavy atom. The molecule has 0 heterocycles. The van der Waals surface area contributed by atoms with E-state index in [1.54, 1.807) is 0 Å². The average Bonchev–Trinajstić information content (AvgIpc) is 2.39. The van der Waals surface area contributed by atoms with Gasteiger partial charge in [-0.3, -0.25) is 4.79 Å². The lowest BCUT2D eigenvalue weighted by atomic mass is 9.98. The number of Topliss-reactive ketones (excluding diaryl/α,β-unsaturated/α-hetero) is 1. The van der Waals surface area contributed by atoms with Gasteiger partial charge in [-0.2, -0.15) is 0 Å². The minimum atomic E-state index is -1.33. The second kappa shape index (κ2) is 11.0. The van der Waals surface area contributed by atoms with E-state index in [0.29, 0.717) is 19.6 Å². The molecule has 0 unspecified atom stereocenters. The van der Waals surface area contributed by atoms with Gasteiger partial charge in [-0.15, -0.1) is 0 Å². The summed E-state index contributed by atoms with van der Waals surface area (Å²) in [4.78, 5) is 33.3. The van der Waals surface area contributed by atoms with E-state index in [2.05, 4.69) is 0 Å². The van der Waals surface area contributed by atoms with Crippen LogP contribution in [0.1, 0.15) is 52.4 Å². The van der Waals surface area contributed by atoms with Crippen LogP contribution in [0.25, 0.3) is 0 Å². The minimum Gasteiger partial charge on any atom is -0.478 e. The number of carboxylic acids is 2. The van der Waals surface area contributed by atoms with Gasteiger partial charge in [-0.05, 0) is 33.1 Å². The number of unbranched alkanes of at least 4 members (excludes halogenated alkanes) is 3. The van der Waals surface area contributed by atoms with E-state index in [4.69, 9.17) is 14.9 Å². The summed E-state index contributed by atoms with van der Waals surface area (Å²) < 4.78 is 5.19. The van der Waals surface area contributed by atoms with Crippen molar-refractivity contribution in [3.05, 3.63) is 11.1 Å². The highest BCUT2D eigenvalue weighted by atomic mass is 16.5. The van der Waals surface area contributed by atoms with E-state index in [0.717, 1.165) is 19.3 Å². The predicted octanol–water partition coefficient (Wildman–Crippen LogP) is 2.42. The maximum absolute atomic E-state index is 11.2. The van der Waals surface area contributed by atoms with Crippen LogP contribution in [0.2, 0.25) is 0 Å². The van der Waals surface area contributed by atoms with Crippen molar-refractivity contribution in [1.82, 2.24) is 0 Å².